The largest absolute Gasteiger partial charge is 0.478 e. The number of carbonyl (C=O) groups is 2. The molecule has 0 amide bonds. The third-order valence-corrected chi connectivity index (χ3v) is 15.5. The molecule has 0 radical (unpaired) electrons. The molecule has 0 aromatic heterocycles. The van der Waals surface area contributed by atoms with Crippen LogP contribution in [-0.4, -0.2) is 57.8 Å². The molecule has 0 heterocycles. The van der Waals surface area contributed by atoms with Crippen LogP contribution < -0.4 is 9.62 Å². The Kier molecular flexibility index (Phi) is 20.3. The second kappa shape index (κ2) is 25.8. The highest BCUT2D eigenvalue weighted by Gasteiger charge is 2.38. The zero-order valence-electron chi connectivity index (χ0n) is 40.3. The standard InChI is InChI=1S/C28H33NO4S.C27H25F6NO4S/c1-3-5-21-29(34(32,33)26-19-14-22(8-4-2)15-20-26)27-10-7-6-9-24(27)16-11-23-12-17-25(18-13-23)28(30)31;28-26(29,30)21-15-22(27(31,32)33)17-23(16-21)39(37,38)14-4-3-13-34-24-6-2-1-5-19(24)10-7-18-8-11-20(12-9-18)25(35)36/h6-7,9-10,12-15,17-20H,3-5,8,11,16,21H2,1-2H3,(H,30,31);1-2,5-6,8-9,11-12,15-17,34H,3-4,7,10,13-14H2,(H,35,36). The fourth-order valence-electron chi connectivity index (χ4n) is 7.84. The Morgan fingerprint density at radius 3 is 1.52 bits per heavy atom. The summed E-state index contributed by atoms with van der Waals surface area (Å²) < 4.78 is 133. The molecule has 6 aromatic carbocycles. The fraction of sp³-hybridized carbons (Fsp3) is 0.309. The molecule has 10 nitrogen and oxygen atoms in total. The molecular weight excluding hydrogens is 995 g/mol. The van der Waals surface area contributed by atoms with Gasteiger partial charge in [-0.15, -0.1) is 0 Å². The maximum absolute atomic E-state index is 13.7. The molecule has 0 spiro atoms. The second-order valence-electron chi connectivity index (χ2n) is 17.3. The van der Waals surface area contributed by atoms with Gasteiger partial charge in [0.05, 0.1) is 43.5 Å². The van der Waals surface area contributed by atoms with Crippen molar-refractivity contribution in [3.05, 3.63) is 190 Å². The van der Waals surface area contributed by atoms with Gasteiger partial charge < -0.3 is 15.5 Å². The normalized spacial score (nSPS) is 11.9. The first kappa shape index (κ1) is 57.2. The molecule has 73 heavy (non-hydrogen) atoms. The molecule has 0 bridgehead atoms. The number of hydrogen-bond donors (Lipinski definition) is 3. The van der Waals surface area contributed by atoms with Gasteiger partial charge in [0.25, 0.3) is 10.0 Å². The first-order valence-corrected chi connectivity index (χ1v) is 26.8. The lowest BCUT2D eigenvalue weighted by molar-refractivity contribution is -0.143. The molecular formula is C55H58F6N2O8S2. The molecule has 390 valence electrons. The number of aromatic carboxylic acids is 2. The van der Waals surface area contributed by atoms with Gasteiger partial charge >= 0.3 is 24.3 Å². The summed E-state index contributed by atoms with van der Waals surface area (Å²) in [4.78, 5) is 21.4. The van der Waals surface area contributed by atoms with Crippen LogP contribution in [0.25, 0.3) is 0 Å². The van der Waals surface area contributed by atoms with Crippen LogP contribution in [0, 0.1) is 0 Å². The van der Waals surface area contributed by atoms with E-state index in [2.05, 4.69) is 19.2 Å². The van der Waals surface area contributed by atoms with Crippen LogP contribution in [0.1, 0.15) is 106 Å². The maximum Gasteiger partial charge on any atom is 0.416 e. The van der Waals surface area contributed by atoms with E-state index in [0.717, 1.165) is 59.2 Å². The second-order valence-corrected chi connectivity index (χ2v) is 21.3. The number of alkyl halides is 6. The van der Waals surface area contributed by atoms with Crippen LogP contribution >= 0.6 is 0 Å². The Balaban J connectivity index is 0.000000273. The Labute approximate surface area is 422 Å². The molecule has 0 saturated heterocycles. The molecule has 0 unspecified atom stereocenters. The fourth-order valence-corrected chi connectivity index (χ4v) is 10.8. The summed E-state index contributed by atoms with van der Waals surface area (Å²) in [5.41, 5.74) is 3.61. The van der Waals surface area contributed by atoms with Gasteiger partial charge in [0.1, 0.15) is 0 Å². The highest BCUT2D eigenvalue weighted by molar-refractivity contribution is 7.92. The van der Waals surface area contributed by atoms with Gasteiger partial charge in [0, 0.05) is 18.8 Å². The highest BCUT2D eigenvalue weighted by Crippen LogP contribution is 2.38. The molecule has 0 atom stereocenters. The minimum Gasteiger partial charge on any atom is -0.478 e. The van der Waals surface area contributed by atoms with Crippen molar-refractivity contribution < 1.29 is 63.0 Å². The minimum absolute atomic E-state index is 0.0189. The topological polar surface area (TPSA) is 158 Å². The Bertz CT molecular complexity index is 2970. The first-order valence-electron chi connectivity index (χ1n) is 23.7. The average molecular weight is 1050 g/mol. The number of sulfone groups is 1. The summed E-state index contributed by atoms with van der Waals surface area (Å²) in [5, 5.41) is 21.3. The average Bonchev–Trinajstić information content (AvgIpc) is 3.35. The van der Waals surface area contributed by atoms with Crippen LogP contribution in [-0.2, 0) is 64.3 Å². The van der Waals surface area contributed by atoms with Crippen LogP contribution in [0.4, 0.5) is 37.7 Å². The van der Waals surface area contributed by atoms with E-state index in [1.165, 1.54) is 12.1 Å². The van der Waals surface area contributed by atoms with E-state index in [1.54, 1.807) is 40.7 Å². The highest BCUT2D eigenvalue weighted by atomic mass is 32.2. The predicted molar refractivity (Wildman–Crippen MR) is 271 cm³/mol. The van der Waals surface area contributed by atoms with Crippen molar-refractivity contribution in [2.75, 3.05) is 28.5 Å². The number of para-hydroxylation sites is 2. The lowest BCUT2D eigenvalue weighted by Crippen LogP contribution is -2.33. The summed E-state index contributed by atoms with van der Waals surface area (Å²) in [6, 6.07) is 36.0. The van der Waals surface area contributed by atoms with Gasteiger partial charge in [-0.3, -0.25) is 4.31 Å². The van der Waals surface area contributed by atoms with E-state index in [-0.39, 0.29) is 35.7 Å². The number of benzene rings is 6. The summed E-state index contributed by atoms with van der Waals surface area (Å²) >= 11 is 0. The molecule has 0 aliphatic rings. The minimum atomic E-state index is -5.13. The van der Waals surface area contributed by atoms with E-state index < -0.39 is 65.9 Å². The van der Waals surface area contributed by atoms with E-state index in [0.29, 0.717) is 55.8 Å². The zero-order chi connectivity index (χ0) is 53.4. The van der Waals surface area contributed by atoms with Crippen molar-refractivity contribution in [3.63, 3.8) is 0 Å². The number of nitrogens with one attached hydrogen (secondary N) is 1. The van der Waals surface area contributed by atoms with Crippen LogP contribution in [0.2, 0.25) is 0 Å². The number of halogens is 6. The third kappa shape index (κ3) is 16.7. The number of nitrogens with zero attached hydrogens (tertiary/aromatic N) is 1. The number of hydrogen-bond acceptors (Lipinski definition) is 7. The van der Waals surface area contributed by atoms with Crippen molar-refractivity contribution in [2.24, 2.45) is 0 Å². The van der Waals surface area contributed by atoms with Gasteiger partial charge in [-0.2, -0.15) is 26.3 Å². The number of aryl methyl sites for hydroxylation is 5. The van der Waals surface area contributed by atoms with Crippen molar-refractivity contribution in [3.8, 4) is 0 Å². The number of anilines is 2. The lowest BCUT2D eigenvalue weighted by Gasteiger charge is -2.27. The molecule has 0 saturated carbocycles. The molecule has 3 N–H and O–H groups in total. The predicted octanol–water partition coefficient (Wildman–Crippen LogP) is 13.0. The van der Waals surface area contributed by atoms with E-state index in [4.69, 9.17) is 10.2 Å². The molecule has 0 aliphatic heterocycles. The molecule has 18 heteroatoms. The van der Waals surface area contributed by atoms with Crippen LogP contribution in [0.5, 0.6) is 0 Å². The van der Waals surface area contributed by atoms with Crippen molar-refractivity contribution in [1.82, 2.24) is 0 Å². The SMILES string of the molecule is CCCCN(c1ccccc1CCc1ccc(C(=O)O)cc1)S(=O)(=O)c1ccc(CCC)cc1.O=C(O)c1ccc(CCc2ccccc2NCCCCS(=O)(=O)c2cc(C(F)(F)F)cc(C(F)(F)F)c2)cc1. The van der Waals surface area contributed by atoms with Crippen molar-refractivity contribution >= 4 is 43.2 Å². The monoisotopic (exact) mass is 1050 g/mol. The van der Waals surface area contributed by atoms with E-state index in [9.17, 15) is 52.8 Å². The summed E-state index contributed by atoms with van der Waals surface area (Å²) in [6.07, 6.45) is -3.74. The van der Waals surface area contributed by atoms with Gasteiger partial charge in [-0.05, 0) is 146 Å². The quantitative estimate of drug-likeness (QED) is 0.0419. The molecule has 6 rings (SSSR count). The summed E-state index contributed by atoms with van der Waals surface area (Å²) in [7, 11) is -8.10. The van der Waals surface area contributed by atoms with E-state index in [1.807, 2.05) is 72.8 Å². The van der Waals surface area contributed by atoms with Gasteiger partial charge in [0.2, 0.25) is 0 Å². The van der Waals surface area contributed by atoms with Crippen molar-refractivity contribution in [2.45, 2.75) is 100 Å². The van der Waals surface area contributed by atoms with Gasteiger partial charge in [-0.1, -0.05) is 99.5 Å². The number of unbranched alkanes of at least 4 members (excludes halogenated alkanes) is 2. The molecule has 0 fully saturated rings. The Hall–Kier alpha value is -6.66. The first-order chi connectivity index (χ1) is 34.5. The zero-order valence-corrected chi connectivity index (χ0v) is 42.0. The van der Waals surface area contributed by atoms with E-state index >= 15 is 0 Å². The molecule has 6 aromatic rings. The van der Waals surface area contributed by atoms with Crippen LogP contribution in [0.15, 0.2) is 149 Å². The van der Waals surface area contributed by atoms with Gasteiger partial charge in [0.15, 0.2) is 9.84 Å². The number of carboxylic acid groups (broad SMARTS) is 2. The summed E-state index contributed by atoms with van der Waals surface area (Å²) in [6.45, 7) is 4.90. The smallest absolute Gasteiger partial charge is 0.416 e. The van der Waals surface area contributed by atoms with Gasteiger partial charge in [-0.25, -0.2) is 26.4 Å². The van der Waals surface area contributed by atoms with Crippen molar-refractivity contribution in [1.29, 1.82) is 0 Å². The summed E-state index contributed by atoms with van der Waals surface area (Å²) in [5.74, 6) is -2.57. The number of sulfonamides is 1. The third-order valence-electron chi connectivity index (χ3n) is 11.9. The molecule has 0 aliphatic carbocycles. The maximum atomic E-state index is 13.7. The Morgan fingerprint density at radius 2 is 1.01 bits per heavy atom. The lowest BCUT2D eigenvalue weighted by atomic mass is 10.0. The number of rotatable bonds is 23. The Morgan fingerprint density at radius 1 is 0.534 bits per heavy atom. The number of carboxylic acids is 2. The van der Waals surface area contributed by atoms with Crippen LogP contribution in [0.3, 0.4) is 0 Å².